The van der Waals surface area contributed by atoms with Gasteiger partial charge in [0, 0.05) is 13.6 Å². The molecule has 0 atom stereocenters. The van der Waals surface area contributed by atoms with E-state index < -0.39 is 77.4 Å². The lowest BCUT2D eigenvalue weighted by atomic mass is 9.88. The van der Waals surface area contributed by atoms with Crippen molar-refractivity contribution in [2.45, 2.75) is 54.1 Å². The van der Waals surface area contributed by atoms with Gasteiger partial charge < -0.3 is 10.0 Å². The first-order valence-corrected chi connectivity index (χ1v) is 7.69. The van der Waals surface area contributed by atoms with Crippen LogP contribution in [-0.4, -0.2) is 83.1 Å². The minimum Gasteiger partial charge on any atom is -0.481 e. The molecule has 34 heavy (non-hydrogen) atoms. The molecule has 21 heteroatoms. The van der Waals surface area contributed by atoms with E-state index >= 15 is 0 Å². The summed E-state index contributed by atoms with van der Waals surface area (Å²) in [7, 11) is -0.0157. The number of carboxylic acid groups (broad SMARTS) is 1. The van der Waals surface area contributed by atoms with Crippen LogP contribution in [0.3, 0.4) is 0 Å². The lowest BCUT2D eigenvalue weighted by molar-refractivity contribution is -0.459. The second kappa shape index (κ2) is 8.45. The largest absolute Gasteiger partial charge is 0.481 e. The normalized spacial score (nSPS) is 15.4. The number of aliphatic carboxylic acids is 1. The molecule has 0 saturated heterocycles. The van der Waals surface area contributed by atoms with Crippen LogP contribution in [0, 0.1) is 0 Å². The number of nitrogens with zero attached hydrogens (tertiary/aromatic N) is 1. The van der Waals surface area contributed by atoms with Gasteiger partial charge in [-0.15, -0.1) is 0 Å². The van der Waals surface area contributed by atoms with Gasteiger partial charge in [-0.25, -0.2) is 0 Å². The van der Waals surface area contributed by atoms with Crippen molar-refractivity contribution < 1.29 is 89.3 Å². The molecule has 0 aliphatic carbocycles. The maximum Gasteiger partial charge on any atom is 0.460 e. The molecular formula is C13H8F17NO3. The third kappa shape index (κ3) is 4.29. The van der Waals surface area contributed by atoms with Crippen LogP contribution >= 0.6 is 0 Å². The maximum absolute atomic E-state index is 13.6. The van der Waals surface area contributed by atoms with Crippen molar-refractivity contribution in [2.24, 2.45) is 0 Å². The average molecular weight is 549 g/mol. The van der Waals surface area contributed by atoms with E-state index in [9.17, 15) is 84.2 Å². The van der Waals surface area contributed by atoms with Crippen LogP contribution in [-0.2, 0) is 9.59 Å². The van der Waals surface area contributed by atoms with Gasteiger partial charge >= 0.3 is 53.6 Å². The van der Waals surface area contributed by atoms with E-state index in [-0.39, 0.29) is 7.05 Å². The molecule has 0 saturated carbocycles. The van der Waals surface area contributed by atoms with Gasteiger partial charge in [-0.3, -0.25) is 9.59 Å². The molecule has 4 nitrogen and oxygen atoms in total. The summed E-state index contributed by atoms with van der Waals surface area (Å²) in [4.78, 5) is 20.7. The van der Waals surface area contributed by atoms with Gasteiger partial charge in [0.2, 0.25) is 0 Å². The van der Waals surface area contributed by atoms with E-state index in [1.165, 1.54) is 0 Å². The Labute approximate surface area is 175 Å². The molecule has 0 aliphatic heterocycles. The molecule has 0 aliphatic rings. The highest BCUT2D eigenvalue weighted by Crippen LogP contribution is 2.64. The highest BCUT2D eigenvalue weighted by molar-refractivity contribution is 5.85. The summed E-state index contributed by atoms with van der Waals surface area (Å²) >= 11 is 0. The first kappa shape index (κ1) is 31.8. The van der Waals surface area contributed by atoms with Crippen LogP contribution in [0.5, 0.6) is 0 Å². The number of carbonyl (C=O) groups is 2. The van der Waals surface area contributed by atoms with Gasteiger partial charge in [-0.1, -0.05) is 0 Å². The number of hydrogen-bond donors (Lipinski definition) is 1. The van der Waals surface area contributed by atoms with E-state index in [1.807, 2.05) is 0 Å². The van der Waals surface area contributed by atoms with Crippen molar-refractivity contribution in [3.63, 3.8) is 0 Å². The monoisotopic (exact) mass is 549 g/mol. The molecule has 1 N–H and O–H groups in total. The summed E-state index contributed by atoms with van der Waals surface area (Å²) in [6.07, 6.45) is -9.23. The second-order valence-corrected chi connectivity index (χ2v) is 6.39. The fraction of sp³-hybridized carbons (Fsp3) is 0.846. The van der Waals surface area contributed by atoms with E-state index in [0.29, 0.717) is 0 Å². The zero-order valence-electron chi connectivity index (χ0n) is 15.6. The minimum atomic E-state index is -8.79. The average Bonchev–Trinajstić information content (AvgIpc) is 2.63. The Balaban J connectivity index is 6.66. The van der Waals surface area contributed by atoms with Crippen LogP contribution in [0.2, 0.25) is 0 Å². The molecule has 0 fully saturated rings. The quantitative estimate of drug-likeness (QED) is 0.394. The fourth-order valence-electron chi connectivity index (χ4n) is 1.90. The molecule has 0 aromatic rings. The van der Waals surface area contributed by atoms with E-state index in [0.717, 1.165) is 0 Å². The SMILES string of the molecule is CN(CCC(=O)O)C(=O)C(F)(F)C(F)(F)C(F)(F)C(F)(F)C(F)(F)C(F)(F)C(F)(F)C(F)(F)F. The smallest absolute Gasteiger partial charge is 0.460 e. The van der Waals surface area contributed by atoms with Crippen molar-refractivity contribution in [2.75, 3.05) is 13.6 Å². The summed E-state index contributed by atoms with van der Waals surface area (Å²) in [6.45, 7) is -1.52. The van der Waals surface area contributed by atoms with Crippen molar-refractivity contribution in [3.05, 3.63) is 0 Å². The standard InChI is InChI=1S/C13H8F17NO3/c1-31(3-2-4(32)33)5(34)6(14,15)7(16,17)8(18,19)9(20,21)10(22,23)11(24,25)12(26,27)13(28,29)30/h2-3H2,1H3,(H,32,33). The molecule has 0 heterocycles. The highest BCUT2D eigenvalue weighted by atomic mass is 19.4. The van der Waals surface area contributed by atoms with Gasteiger partial charge in [-0.2, -0.15) is 74.6 Å². The van der Waals surface area contributed by atoms with Crippen LogP contribution in [0.25, 0.3) is 0 Å². The Morgan fingerprint density at radius 1 is 0.588 bits per heavy atom. The molecule has 0 bridgehead atoms. The second-order valence-electron chi connectivity index (χ2n) is 6.39. The highest BCUT2D eigenvalue weighted by Gasteiger charge is 2.95. The lowest BCUT2D eigenvalue weighted by Crippen LogP contribution is -2.75. The number of hydrogen-bond acceptors (Lipinski definition) is 2. The van der Waals surface area contributed by atoms with Gasteiger partial charge in [-0.05, 0) is 0 Å². The first-order valence-electron chi connectivity index (χ1n) is 7.69. The topological polar surface area (TPSA) is 57.6 Å². The summed E-state index contributed by atoms with van der Waals surface area (Å²) in [5.74, 6) is -64.1. The Hall–Kier alpha value is -2.25. The molecule has 0 rings (SSSR count). The molecular weight excluding hydrogens is 541 g/mol. The number of halogens is 17. The molecule has 0 radical (unpaired) electrons. The van der Waals surface area contributed by atoms with Crippen LogP contribution in [0.15, 0.2) is 0 Å². The third-order valence-electron chi connectivity index (χ3n) is 4.00. The number of carboxylic acids is 1. The Morgan fingerprint density at radius 2 is 0.882 bits per heavy atom. The fourth-order valence-corrected chi connectivity index (χ4v) is 1.90. The Bertz CT molecular complexity index is 788. The predicted octanol–water partition coefficient (Wildman–Crippen LogP) is 4.93. The molecule has 0 aromatic heterocycles. The van der Waals surface area contributed by atoms with E-state index in [2.05, 4.69) is 0 Å². The zero-order chi connectivity index (χ0) is 28.1. The van der Waals surface area contributed by atoms with Crippen molar-refractivity contribution in [1.82, 2.24) is 4.90 Å². The summed E-state index contributed by atoms with van der Waals surface area (Å²) < 4.78 is 222. The predicted molar refractivity (Wildman–Crippen MR) is 70.6 cm³/mol. The van der Waals surface area contributed by atoms with Crippen molar-refractivity contribution in [3.8, 4) is 0 Å². The maximum atomic E-state index is 13.6. The van der Waals surface area contributed by atoms with E-state index in [1.54, 1.807) is 0 Å². The molecule has 1 amide bonds. The number of rotatable bonds is 10. The van der Waals surface area contributed by atoms with Gasteiger partial charge in [0.15, 0.2) is 0 Å². The van der Waals surface area contributed by atoms with Crippen LogP contribution in [0.4, 0.5) is 74.6 Å². The molecule has 0 aromatic carbocycles. The van der Waals surface area contributed by atoms with E-state index in [4.69, 9.17) is 5.11 Å². The van der Waals surface area contributed by atoms with Gasteiger partial charge in [0.1, 0.15) is 0 Å². The molecule has 0 spiro atoms. The Morgan fingerprint density at radius 3 is 1.18 bits per heavy atom. The van der Waals surface area contributed by atoms with Crippen molar-refractivity contribution in [1.29, 1.82) is 0 Å². The van der Waals surface area contributed by atoms with Crippen LogP contribution < -0.4 is 0 Å². The Kier molecular flexibility index (Phi) is 7.89. The molecule has 202 valence electrons. The summed E-state index contributed by atoms with van der Waals surface area (Å²) in [5.41, 5.74) is 0. The molecule has 0 unspecified atom stereocenters. The number of alkyl halides is 17. The summed E-state index contributed by atoms with van der Waals surface area (Å²) in [5, 5.41) is 8.24. The van der Waals surface area contributed by atoms with Crippen molar-refractivity contribution >= 4 is 11.9 Å². The zero-order valence-corrected chi connectivity index (χ0v) is 15.6. The number of amides is 1. The minimum absolute atomic E-state index is 0.0157. The lowest BCUT2D eigenvalue weighted by Gasteiger charge is -2.42. The third-order valence-corrected chi connectivity index (χ3v) is 4.00. The first-order chi connectivity index (χ1) is 14.5. The van der Waals surface area contributed by atoms with Gasteiger partial charge in [0.05, 0.1) is 6.42 Å². The van der Waals surface area contributed by atoms with Crippen LogP contribution in [0.1, 0.15) is 6.42 Å². The van der Waals surface area contributed by atoms with Gasteiger partial charge in [0.25, 0.3) is 5.91 Å². The number of carbonyl (C=O) groups excluding carboxylic acids is 1. The summed E-state index contributed by atoms with van der Waals surface area (Å²) in [6, 6.07) is 0.